The number of nitrogen functional groups attached to an aromatic ring is 1. The van der Waals surface area contributed by atoms with Crippen molar-refractivity contribution in [1.29, 1.82) is 0 Å². The molecule has 0 saturated carbocycles. The van der Waals surface area contributed by atoms with E-state index in [4.69, 9.17) is 5.73 Å². The summed E-state index contributed by atoms with van der Waals surface area (Å²) in [5.41, 5.74) is 8.15. The van der Waals surface area contributed by atoms with Gasteiger partial charge in [0.1, 0.15) is 17.2 Å². The minimum Gasteiger partial charge on any atom is -0.397 e. The molecule has 2 aromatic carbocycles. The van der Waals surface area contributed by atoms with Crippen LogP contribution in [0.5, 0.6) is 0 Å². The Morgan fingerprint density at radius 1 is 1.15 bits per heavy atom. The number of anilines is 2. The van der Waals surface area contributed by atoms with Crippen LogP contribution in [0.3, 0.4) is 0 Å². The van der Waals surface area contributed by atoms with E-state index in [1.165, 1.54) is 18.6 Å². The summed E-state index contributed by atoms with van der Waals surface area (Å²) < 4.78 is 14.4. The maximum absolute atomic E-state index is 14.4. The lowest BCUT2D eigenvalue weighted by atomic mass is 10.1. The summed E-state index contributed by atoms with van der Waals surface area (Å²) in [6.45, 7) is 2.28. The molecule has 4 N–H and O–H groups in total. The third kappa shape index (κ3) is 3.84. The minimum atomic E-state index is -0.519. The highest BCUT2D eigenvalue weighted by atomic mass is 19.1. The highest BCUT2D eigenvalue weighted by Gasteiger charge is 2.20. The normalized spacial score (nSPS) is 14.7. The number of pyridine rings is 1. The number of carbonyl (C=O) groups is 1. The molecule has 8 nitrogen and oxygen atoms in total. The van der Waals surface area contributed by atoms with E-state index in [0.29, 0.717) is 28.8 Å². The molecule has 1 saturated heterocycles. The van der Waals surface area contributed by atoms with Crippen LogP contribution in [-0.4, -0.2) is 52.4 Å². The summed E-state index contributed by atoms with van der Waals surface area (Å²) in [6.07, 6.45) is 3.47. The molecule has 33 heavy (non-hydrogen) atoms. The summed E-state index contributed by atoms with van der Waals surface area (Å²) in [6, 6.07) is 9.81. The number of carbonyl (C=O) groups excluding carboxylic acids is 1. The topological polar surface area (TPSA) is 111 Å². The largest absolute Gasteiger partial charge is 0.397 e. The second-order valence-electron chi connectivity index (χ2n) is 8.48. The third-order valence-corrected chi connectivity index (χ3v) is 6.30. The number of likely N-dealkylation sites (tertiary alicyclic amines) is 1. The number of nitrogens with two attached hydrogens (primary N) is 1. The molecular formula is C24H25FN6O2. The summed E-state index contributed by atoms with van der Waals surface area (Å²) in [4.78, 5) is 39.6. The van der Waals surface area contributed by atoms with Crippen molar-refractivity contribution in [3.8, 4) is 11.4 Å². The fraction of sp³-hybridized carbons (Fsp3) is 0.292. The first kappa shape index (κ1) is 21.1. The zero-order chi connectivity index (χ0) is 23.1. The number of amides is 1. The molecule has 1 aliphatic rings. The van der Waals surface area contributed by atoms with Crippen molar-refractivity contribution in [2.24, 2.45) is 0 Å². The number of imidazole rings is 1. The van der Waals surface area contributed by atoms with Gasteiger partial charge in [-0.15, -0.1) is 0 Å². The van der Waals surface area contributed by atoms with Gasteiger partial charge in [-0.25, -0.2) is 9.37 Å². The van der Waals surface area contributed by atoms with Gasteiger partial charge in [-0.3, -0.25) is 14.5 Å². The highest BCUT2D eigenvalue weighted by Crippen LogP contribution is 2.30. The van der Waals surface area contributed by atoms with Gasteiger partial charge >= 0.3 is 0 Å². The number of nitrogens with zero attached hydrogens (tertiary/aromatic N) is 3. The zero-order valence-electron chi connectivity index (χ0n) is 18.3. The Bertz CT molecular complexity index is 1420. The number of H-pyrrole nitrogens is 2. The number of aromatic amines is 2. The lowest BCUT2D eigenvalue weighted by molar-refractivity contribution is -0.119. The number of fused-ring (bicyclic) bond motifs is 2. The molecular weight excluding hydrogens is 423 g/mol. The van der Waals surface area contributed by atoms with E-state index in [9.17, 15) is 14.0 Å². The number of halogens is 1. The van der Waals surface area contributed by atoms with E-state index < -0.39 is 11.4 Å². The van der Waals surface area contributed by atoms with E-state index in [1.54, 1.807) is 24.1 Å². The van der Waals surface area contributed by atoms with Gasteiger partial charge in [0.05, 0.1) is 34.2 Å². The molecule has 9 heteroatoms. The lowest BCUT2D eigenvalue weighted by Crippen LogP contribution is -2.40. The Kier molecular flexibility index (Phi) is 5.33. The minimum absolute atomic E-state index is 0.0154. The lowest BCUT2D eigenvalue weighted by Gasteiger charge is -2.28. The molecule has 0 atom stereocenters. The quantitative estimate of drug-likeness (QED) is 0.444. The maximum Gasteiger partial charge on any atom is 0.261 e. The summed E-state index contributed by atoms with van der Waals surface area (Å²) >= 11 is 0. The van der Waals surface area contributed by atoms with Crippen LogP contribution in [-0.2, 0) is 4.79 Å². The predicted molar refractivity (Wildman–Crippen MR) is 128 cm³/mol. The van der Waals surface area contributed by atoms with Crippen molar-refractivity contribution in [3.05, 3.63) is 52.6 Å². The molecule has 1 amide bonds. The van der Waals surface area contributed by atoms with Crippen molar-refractivity contribution < 1.29 is 9.18 Å². The smallest absolute Gasteiger partial charge is 0.261 e. The molecule has 1 fully saturated rings. The van der Waals surface area contributed by atoms with Gasteiger partial charge in [0.25, 0.3) is 5.56 Å². The number of aromatic nitrogens is 3. The molecule has 0 radical (unpaired) electrons. The number of hydrogen-bond acceptors (Lipinski definition) is 5. The number of piperidine rings is 1. The fourth-order valence-electron chi connectivity index (χ4n) is 4.45. The Hall–Kier alpha value is -3.72. The van der Waals surface area contributed by atoms with Crippen LogP contribution in [0.2, 0.25) is 0 Å². The molecule has 0 spiro atoms. The molecule has 5 rings (SSSR count). The first-order valence-corrected chi connectivity index (χ1v) is 11.0. The summed E-state index contributed by atoms with van der Waals surface area (Å²) in [7, 11) is 1.75. The van der Waals surface area contributed by atoms with Crippen LogP contribution in [0.25, 0.3) is 33.3 Å². The summed E-state index contributed by atoms with van der Waals surface area (Å²) in [5.74, 6) is -0.259. The standard InChI is InChI=1S/C24H25FN6O2/c1-30(19(32)13-31-10-3-2-4-11-31)14-8-9-16-18(12-14)28-23(27-16)21-22(26)20-15(25)6-5-7-17(20)29-24(21)33/h5-9,12H,2-4,10-11,13H2,1H3,(H,27,28)(H3,26,29,33). The van der Waals surface area contributed by atoms with Gasteiger partial charge in [-0.1, -0.05) is 12.5 Å². The number of hydrogen-bond donors (Lipinski definition) is 3. The van der Waals surface area contributed by atoms with Gasteiger partial charge in [-0.05, 0) is 56.3 Å². The van der Waals surface area contributed by atoms with Crippen molar-refractivity contribution in [2.45, 2.75) is 19.3 Å². The fourth-order valence-corrected chi connectivity index (χ4v) is 4.45. The van der Waals surface area contributed by atoms with Crippen molar-refractivity contribution >= 4 is 39.2 Å². The van der Waals surface area contributed by atoms with Crippen molar-refractivity contribution in [2.75, 3.05) is 37.3 Å². The number of benzene rings is 2. The number of rotatable bonds is 4. The van der Waals surface area contributed by atoms with Crippen molar-refractivity contribution in [3.63, 3.8) is 0 Å². The van der Waals surface area contributed by atoms with Gasteiger partial charge in [0.15, 0.2) is 0 Å². The van der Waals surface area contributed by atoms with Crippen molar-refractivity contribution in [1.82, 2.24) is 19.9 Å². The molecule has 1 aliphatic heterocycles. The molecule has 170 valence electrons. The Labute approximate surface area is 189 Å². The third-order valence-electron chi connectivity index (χ3n) is 6.30. The maximum atomic E-state index is 14.4. The first-order chi connectivity index (χ1) is 15.9. The number of likely N-dealkylation sites (N-methyl/N-ethyl adjacent to an activating group) is 1. The molecule has 3 heterocycles. The second kappa shape index (κ2) is 8.32. The van der Waals surface area contributed by atoms with Gasteiger partial charge in [0, 0.05) is 12.7 Å². The van der Waals surface area contributed by atoms with Crippen LogP contribution in [0.4, 0.5) is 15.8 Å². The average Bonchev–Trinajstić information content (AvgIpc) is 3.21. The van der Waals surface area contributed by atoms with Gasteiger partial charge < -0.3 is 20.6 Å². The number of nitrogens with one attached hydrogen (secondary N) is 2. The molecule has 0 bridgehead atoms. The van der Waals surface area contributed by atoms with E-state index in [1.807, 2.05) is 12.1 Å². The molecule has 0 aliphatic carbocycles. The van der Waals surface area contributed by atoms with E-state index in [0.717, 1.165) is 25.9 Å². The second-order valence-corrected chi connectivity index (χ2v) is 8.48. The Morgan fingerprint density at radius 2 is 1.94 bits per heavy atom. The molecule has 2 aromatic heterocycles. The Morgan fingerprint density at radius 3 is 2.73 bits per heavy atom. The SMILES string of the molecule is CN(C(=O)CN1CCCCC1)c1ccc2nc(-c3c(N)c4c(F)cccc4[nH]c3=O)[nH]c2c1. The van der Waals surface area contributed by atoms with Crippen LogP contribution in [0.15, 0.2) is 41.2 Å². The van der Waals surface area contributed by atoms with Crippen LogP contribution < -0.4 is 16.2 Å². The average molecular weight is 449 g/mol. The van der Waals surface area contributed by atoms with Crippen LogP contribution in [0.1, 0.15) is 19.3 Å². The first-order valence-electron chi connectivity index (χ1n) is 11.0. The zero-order valence-corrected chi connectivity index (χ0v) is 18.3. The summed E-state index contributed by atoms with van der Waals surface area (Å²) in [5, 5.41) is 0.149. The molecule has 4 aromatic rings. The van der Waals surface area contributed by atoms with E-state index >= 15 is 0 Å². The van der Waals surface area contributed by atoms with E-state index in [2.05, 4.69) is 19.9 Å². The molecule has 0 unspecified atom stereocenters. The Balaban J connectivity index is 1.48. The van der Waals surface area contributed by atoms with Crippen LogP contribution in [0, 0.1) is 5.82 Å². The van der Waals surface area contributed by atoms with Gasteiger partial charge in [0.2, 0.25) is 5.91 Å². The van der Waals surface area contributed by atoms with Gasteiger partial charge in [-0.2, -0.15) is 0 Å². The monoisotopic (exact) mass is 448 g/mol. The predicted octanol–water partition coefficient (Wildman–Crippen LogP) is 3.24. The highest BCUT2D eigenvalue weighted by molar-refractivity contribution is 5.99. The van der Waals surface area contributed by atoms with E-state index in [-0.39, 0.29) is 28.4 Å². The van der Waals surface area contributed by atoms with Crippen LogP contribution >= 0.6 is 0 Å².